The van der Waals surface area contributed by atoms with Gasteiger partial charge < -0.3 is 10.6 Å². The van der Waals surface area contributed by atoms with Crippen molar-refractivity contribution in [1.82, 2.24) is 4.90 Å². The molecule has 1 saturated carbocycles. The molecule has 15 heavy (non-hydrogen) atoms. The van der Waals surface area contributed by atoms with Crippen LogP contribution in [0, 0.1) is 5.92 Å². The normalized spacial score (nSPS) is 29.4. The largest absolute Gasteiger partial charge is 0.327 e. The zero-order valence-electron chi connectivity index (χ0n) is 10.7. The Balaban J connectivity index is 2.32. The quantitative estimate of drug-likeness (QED) is 0.759. The first kappa shape index (κ1) is 13.0. The fraction of sp³-hybridized carbons (Fsp3) is 1.00. The van der Waals surface area contributed by atoms with E-state index in [4.69, 9.17) is 5.73 Å². The summed E-state index contributed by atoms with van der Waals surface area (Å²) in [7, 11) is 2.25. The third kappa shape index (κ3) is 4.12. The summed E-state index contributed by atoms with van der Waals surface area (Å²) in [6.45, 7) is 5.79. The molecule has 0 amide bonds. The topological polar surface area (TPSA) is 29.3 Å². The Kier molecular flexibility index (Phi) is 5.62. The SMILES string of the molecule is CCCC(C)N(C)CC1CCCCC1N. The lowest BCUT2D eigenvalue weighted by atomic mass is 9.84. The van der Waals surface area contributed by atoms with Crippen LogP contribution in [0.1, 0.15) is 52.4 Å². The molecule has 1 fully saturated rings. The number of rotatable bonds is 5. The molecule has 2 heteroatoms. The highest BCUT2D eigenvalue weighted by atomic mass is 15.1. The number of nitrogens with two attached hydrogens (primary N) is 1. The minimum atomic E-state index is 0.454. The van der Waals surface area contributed by atoms with E-state index >= 15 is 0 Å². The average molecular weight is 212 g/mol. The zero-order valence-corrected chi connectivity index (χ0v) is 10.7. The summed E-state index contributed by atoms with van der Waals surface area (Å²) in [6, 6.07) is 1.17. The molecule has 0 aromatic heterocycles. The minimum Gasteiger partial charge on any atom is -0.327 e. The summed E-state index contributed by atoms with van der Waals surface area (Å²) in [4.78, 5) is 2.50. The van der Waals surface area contributed by atoms with Gasteiger partial charge in [-0.1, -0.05) is 26.2 Å². The maximum absolute atomic E-state index is 6.17. The van der Waals surface area contributed by atoms with Crippen molar-refractivity contribution in [3.8, 4) is 0 Å². The van der Waals surface area contributed by atoms with Gasteiger partial charge in [-0.05, 0) is 39.2 Å². The predicted molar refractivity (Wildman–Crippen MR) is 66.9 cm³/mol. The first-order valence-electron chi connectivity index (χ1n) is 6.61. The van der Waals surface area contributed by atoms with Crippen molar-refractivity contribution < 1.29 is 0 Å². The molecule has 2 N–H and O–H groups in total. The van der Waals surface area contributed by atoms with Crippen LogP contribution in [-0.2, 0) is 0 Å². The van der Waals surface area contributed by atoms with Crippen LogP contribution < -0.4 is 5.73 Å². The van der Waals surface area contributed by atoms with Crippen LogP contribution in [-0.4, -0.2) is 30.6 Å². The van der Waals surface area contributed by atoms with Gasteiger partial charge in [-0.15, -0.1) is 0 Å². The van der Waals surface area contributed by atoms with Crippen LogP contribution in [0.4, 0.5) is 0 Å². The highest BCUT2D eigenvalue weighted by molar-refractivity contribution is 4.80. The lowest BCUT2D eigenvalue weighted by Crippen LogP contribution is -2.42. The van der Waals surface area contributed by atoms with E-state index in [9.17, 15) is 0 Å². The second-order valence-corrected chi connectivity index (χ2v) is 5.29. The molecule has 3 unspecified atom stereocenters. The lowest BCUT2D eigenvalue weighted by Gasteiger charge is -2.34. The van der Waals surface area contributed by atoms with Gasteiger partial charge in [-0.2, -0.15) is 0 Å². The summed E-state index contributed by atoms with van der Waals surface area (Å²) in [5, 5.41) is 0. The summed E-state index contributed by atoms with van der Waals surface area (Å²) in [5.41, 5.74) is 6.17. The first-order valence-corrected chi connectivity index (χ1v) is 6.61. The molecule has 0 saturated heterocycles. The zero-order chi connectivity index (χ0) is 11.3. The maximum Gasteiger partial charge on any atom is 0.00793 e. The van der Waals surface area contributed by atoms with Crippen LogP contribution in [0.25, 0.3) is 0 Å². The van der Waals surface area contributed by atoms with E-state index in [-0.39, 0.29) is 0 Å². The van der Waals surface area contributed by atoms with Gasteiger partial charge in [0.05, 0.1) is 0 Å². The first-order chi connectivity index (χ1) is 7.15. The smallest absolute Gasteiger partial charge is 0.00793 e. The number of nitrogens with zero attached hydrogens (tertiary/aromatic N) is 1. The van der Waals surface area contributed by atoms with E-state index in [1.54, 1.807) is 0 Å². The Labute approximate surface area is 95.2 Å². The van der Waals surface area contributed by atoms with E-state index in [0.717, 1.165) is 5.92 Å². The molecular formula is C13H28N2. The van der Waals surface area contributed by atoms with Crippen molar-refractivity contribution in [3.63, 3.8) is 0 Å². The molecule has 1 aliphatic rings. The monoisotopic (exact) mass is 212 g/mol. The minimum absolute atomic E-state index is 0.454. The van der Waals surface area contributed by atoms with Crippen molar-refractivity contribution in [2.24, 2.45) is 11.7 Å². The number of hydrogen-bond acceptors (Lipinski definition) is 2. The highest BCUT2D eigenvalue weighted by Gasteiger charge is 2.23. The number of hydrogen-bond donors (Lipinski definition) is 1. The maximum atomic E-state index is 6.17. The second kappa shape index (κ2) is 6.49. The highest BCUT2D eigenvalue weighted by Crippen LogP contribution is 2.24. The molecule has 0 bridgehead atoms. The third-order valence-electron chi connectivity index (χ3n) is 3.95. The molecule has 0 aliphatic heterocycles. The van der Waals surface area contributed by atoms with Crippen LogP contribution in [0.15, 0.2) is 0 Å². The average Bonchev–Trinajstić information content (AvgIpc) is 2.21. The van der Waals surface area contributed by atoms with Crippen LogP contribution in [0.5, 0.6) is 0 Å². The van der Waals surface area contributed by atoms with Crippen LogP contribution in [0.3, 0.4) is 0 Å². The Morgan fingerprint density at radius 2 is 2.00 bits per heavy atom. The Morgan fingerprint density at radius 1 is 1.33 bits per heavy atom. The van der Waals surface area contributed by atoms with Crippen LogP contribution >= 0.6 is 0 Å². The molecule has 90 valence electrons. The van der Waals surface area contributed by atoms with Gasteiger partial charge in [0.1, 0.15) is 0 Å². The molecule has 3 atom stereocenters. The van der Waals surface area contributed by atoms with Crippen molar-refractivity contribution in [1.29, 1.82) is 0 Å². The molecule has 0 radical (unpaired) electrons. The molecule has 1 aliphatic carbocycles. The Morgan fingerprint density at radius 3 is 2.60 bits per heavy atom. The van der Waals surface area contributed by atoms with Gasteiger partial charge >= 0.3 is 0 Å². The fourth-order valence-corrected chi connectivity index (χ4v) is 2.65. The van der Waals surface area contributed by atoms with Gasteiger partial charge in [0.2, 0.25) is 0 Å². The summed E-state index contributed by atoms with van der Waals surface area (Å²) in [6.07, 6.45) is 7.88. The van der Waals surface area contributed by atoms with Gasteiger partial charge in [-0.3, -0.25) is 0 Å². The van der Waals surface area contributed by atoms with Crippen molar-refractivity contribution >= 4 is 0 Å². The van der Waals surface area contributed by atoms with Gasteiger partial charge in [0.25, 0.3) is 0 Å². The van der Waals surface area contributed by atoms with Gasteiger partial charge in [-0.25, -0.2) is 0 Å². The van der Waals surface area contributed by atoms with Gasteiger partial charge in [0, 0.05) is 18.6 Å². The van der Waals surface area contributed by atoms with Crippen molar-refractivity contribution in [2.45, 2.75) is 64.5 Å². The molecular weight excluding hydrogens is 184 g/mol. The molecule has 0 aromatic rings. The molecule has 2 nitrogen and oxygen atoms in total. The summed E-state index contributed by atoms with van der Waals surface area (Å²) < 4.78 is 0. The van der Waals surface area contributed by atoms with E-state index in [2.05, 4.69) is 25.8 Å². The van der Waals surface area contributed by atoms with Crippen molar-refractivity contribution in [3.05, 3.63) is 0 Å². The standard InChI is InChI=1S/C13H28N2/c1-4-7-11(2)15(3)10-12-8-5-6-9-13(12)14/h11-13H,4-10,14H2,1-3H3. The van der Waals surface area contributed by atoms with E-state index < -0.39 is 0 Å². The Bertz CT molecular complexity index is 170. The molecule has 1 rings (SSSR count). The lowest BCUT2D eigenvalue weighted by molar-refractivity contribution is 0.170. The van der Waals surface area contributed by atoms with E-state index in [0.29, 0.717) is 12.1 Å². The van der Waals surface area contributed by atoms with Crippen LogP contribution in [0.2, 0.25) is 0 Å². The Hall–Kier alpha value is -0.0800. The summed E-state index contributed by atoms with van der Waals surface area (Å²) in [5.74, 6) is 0.739. The summed E-state index contributed by atoms with van der Waals surface area (Å²) >= 11 is 0. The van der Waals surface area contributed by atoms with E-state index in [1.165, 1.54) is 45.1 Å². The molecule has 0 spiro atoms. The molecule has 0 aromatic carbocycles. The van der Waals surface area contributed by atoms with Crippen molar-refractivity contribution in [2.75, 3.05) is 13.6 Å². The van der Waals surface area contributed by atoms with Gasteiger partial charge in [0.15, 0.2) is 0 Å². The van der Waals surface area contributed by atoms with E-state index in [1.807, 2.05) is 0 Å². The third-order valence-corrected chi connectivity index (χ3v) is 3.95. The predicted octanol–water partition coefficient (Wildman–Crippen LogP) is 2.62. The fourth-order valence-electron chi connectivity index (χ4n) is 2.65. The second-order valence-electron chi connectivity index (χ2n) is 5.29. The molecule has 0 heterocycles.